The highest BCUT2D eigenvalue weighted by Gasteiger charge is 2.40. The summed E-state index contributed by atoms with van der Waals surface area (Å²) in [4.78, 5) is 32.6. The van der Waals surface area contributed by atoms with E-state index in [-0.39, 0.29) is 35.8 Å². The fourth-order valence-corrected chi connectivity index (χ4v) is 5.38. The maximum absolute atomic E-state index is 14.8. The zero-order valence-corrected chi connectivity index (χ0v) is 21.2. The first-order chi connectivity index (χ1) is 17.3. The van der Waals surface area contributed by atoms with E-state index in [0.29, 0.717) is 31.4 Å². The van der Waals surface area contributed by atoms with Crippen molar-refractivity contribution >= 4 is 17.8 Å². The molecule has 0 spiro atoms. The lowest BCUT2D eigenvalue weighted by Gasteiger charge is -2.40. The molecule has 2 aromatic rings. The number of aliphatic imine (C=N–C) groups is 1. The molecule has 0 bridgehead atoms. The normalized spacial score (nSPS) is 19.6. The highest BCUT2D eigenvalue weighted by atomic mass is 19.1. The van der Waals surface area contributed by atoms with Crippen molar-refractivity contribution < 1.29 is 18.7 Å². The van der Waals surface area contributed by atoms with Gasteiger partial charge in [0.05, 0.1) is 24.0 Å². The Balaban J connectivity index is 1.64. The number of hydrogen-bond donors (Lipinski definition) is 2. The Morgan fingerprint density at radius 2 is 2.03 bits per heavy atom. The summed E-state index contributed by atoms with van der Waals surface area (Å²) in [6.45, 7) is 4.31. The Hall–Kier alpha value is -3.26. The number of amides is 2. The second-order valence-electron chi connectivity index (χ2n) is 9.68. The standard InChI is InChI=1S/C28H35FN4O3/c1-4-28(5-2)17-25(34)33(27(30)32-28)24(12-13-36-3)19-14-20(16-21(29)15-19)26(35)31-23-11-10-18-8-6-7-9-22(18)23/h6-9,14-16,23-24H,4-5,10-13,17H2,1-3H3,(H2,30,32)(H,31,35)/t23-,24+/m0/s1. The lowest BCUT2D eigenvalue weighted by atomic mass is 9.87. The number of carbonyl (C=O) groups excluding carboxylic acids is 2. The minimum Gasteiger partial charge on any atom is -0.385 e. The Labute approximate surface area is 211 Å². The molecular weight excluding hydrogens is 459 g/mol. The van der Waals surface area contributed by atoms with Crippen LogP contribution in [-0.2, 0) is 16.0 Å². The summed E-state index contributed by atoms with van der Waals surface area (Å²) in [5.74, 6) is -0.951. The topological polar surface area (TPSA) is 97.0 Å². The molecule has 0 unspecified atom stereocenters. The third-order valence-electron chi connectivity index (χ3n) is 7.58. The summed E-state index contributed by atoms with van der Waals surface area (Å²) in [7, 11) is 1.57. The third kappa shape index (κ3) is 5.14. The molecule has 8 heteroatoms. The van der Waals surface area contributed by atoms with Gasteiger partial charge in [0.15, 0.2) is 5.96 Å². The number of benzene rings is 2. The molecule has 0 saturated carbocycles. The van der Waals surface area contributed by atoms with Gasteiger partial charge in [-0.15, -0.1) is 0 Å². The van der Waals surface area contributed by atoms with Gasteiger partial charge in [-0.05, 0) is 67.0 Å². The second kappa shape index (κ2) is 10.8. The Morgan fingerprint density at radius 1 is 1.28 bits per heavy atom. The summed E-state index contributed by atoms with van der Waals surface area (Å²) in [5.41, 5.74) is 8.82. The molecule has 4 rings (SSSR count). The number of halogens is 1. The van der Waals surface area contributed by atoms with Crippen LogP contribution in [0.2, 0.25) is 0 Å². The molecule has 36 heavy (non-hydrogen) atoms. The van der Waals surface area contributed by atoms with Gasteiger partial charge >= 0.3 is 0 Å². The van der Waals surface area contributed by atoms with E-state index in [1.54, 1.807) is 13.2 Å². The number of rotatable bonds is 9. The van der Waals surface area contributed by atoms with Gasteiger partial charge in [-0.1, -0.05) is 38.1 Å². The van der Waals surface area contributed by atoms with Crippen molar-refractivity contribution in [3.63, 3.8) is 0 Å². The average molecular weight is 495 g/mol. The molecule has 7 nitrogen and oxygen atoms in total. The number of guanidine groups is 1. The zero-order valence-electron chi connectivity index (χ0n) is 21.2. The van der Waals surface area contributed by atoms with Gasteiger partial charge in [0, 0.05) is 19.3 Å². The minimum atomic E-state index is -0.609. The Morgan fingerprint density at radius 3 is 2.72 bits per heavy atom. The van der Waals surface area contributed by atoms with Crippen LogP contribution in [0, 0.1) is 5.82 Å². The maximum Gasteiger partial charge on any atom is 0.251 e. The van der Waals surface area contributed by atoms with Crippen molar-refractivity contribution in [3.8, 4) is 0 Å². The second-order valence-corrected chi connectivity index (χ2v) is 9.68. The summed E-state index contributed by atoms with van der Waals surface area (Å²) >= 11 is 0. The molecule has 1 heterocycles. The largest absolute Gasteiger partial charge is 0.385 e. The molecule has 2 atom stereocenters. The highest BCUT2D eigenvalue weighted by Crippen LogP contribution is 2.35. The summed E-state index contributed by atoms with van der Waals surface area (Å²) < 4.78 is 20.1. The first-order valence-corrected chi connectivity index (χ1v) is 12.7. The van der Waals surface area contributed by atoms with Crippen LogP contribution in [0.3, 0.4) is 0 Å². The molecule has 3 N–H and O–H groups in total. The molecule has 2 aliphatic rings. The Kier molecular flexibility index (Phi) is 7.73. The third-order valence-corrected chi connectivity index (χ3v) is 7.58. The first kappa shape index (κ1) is 25.8. The van der Waals surface area contributed by atoms with E-state index in [4.69, 9.17) is 15.5 Å². The monoisotopic (exact) mass is 494 g/mol. The van der Waals surface area contributed by atoms with E-state index in [2.05, 4.69) is 11.4 Å². The van der Waals surface area contributed by atoms with Crippen LogP contribution in [0.4, 0.5) is 4.39 Å². The molecule has 0 saturated heterocycles. The van der Waals surface area contributed by atoms with Gasteiger partial charge in [-0.2, -0.15) is 0 Å². The van der Waals surface area contributed by atoms with Crippen LogP contribution in [0.15, 0.2) is 47.5 Å². The number of hydrogen-bond acceptors (Lipinski definition) is 5. The molecule has 1 aliphatic heterocycles. The van der Waals surface area contributed by atoms with Crippen molar-refractivity contribution in [1.82, 2.24) is 10.2 Å². The SMILES string of the molecule is CCC1(CC)CC(=O)N([C@H](CCOC)c2cc(F)cc(C(=O)N[C@H]3CCc4ccccc43)c2)C(N)=N1. The van der Waals surface area contributed by atoms with Gasteiger partial charge in [-0.25, -0.2) is 9.38 Å². The van der Waals surface area contributed by atoms with E-state index in [0.717, 1.165) is 18.4 Å². The predicted octanol–water partition coefficient (Wildman–Crippen LogP) is 4.43. The molecule has 0 fully saturated rings. The number of methoxy groups -OCH3 is 1. The zero-order chi connectivity index (χ0) is 25.9. The number of carbonyl (C=O) groups is 2. The van der Waals surface area contributed by atoms with Crippen LogP contribution < -0.4 is 11.1 Å². The van der Waals surface area contributed by atoms with E-state index in [1.165, 1.54) is 22.6 Å². The predicted molar refractivity (Wildman–Crippen MR) is 137 cm³/mol. The number of aryl methyl sites for hydroxylation is 1. The first-order valence-electron chi connectivity index (χ1n) is 12.7. The van der Waals surface area contributed by atoms with Crippen LogP contribution in [0.25, 0.3) is 0 Å². The van der Waals surface area contributed by atoms with E-state index >= 15 is 0 Å². The molecule has 192 valence electrons. The van der Waals surface area contributed by atoms with Gasteiger partial charge in [0.25, 0.3) is 5.91 Å². The quantitative estimate of drug-likeness (QED) is 0.539. The number of fused-ring (bicyclic) bond motifs is 1. The number of nitrogens with two attached hydrogens (primary N) is 1. The molecular formula is C28H35FN4O3. The van der Waals surface area contributed by atoms with Crippen molar-refractivity contribution in [2.75, 3.05) is 13.7 Å². The molecule has 0 radical (unpaired) electrons. The van der Waals surface area contributed by atoms with Crippen LogP contribution in [0.1, 0.15) is 85.1 Å². The van der Waals surface area contributed by atoms with Crippen molar-refractivity contribution in [2.45, 2.75) is 70.0 Å². The summed E-state index contributed by atoms with van der Waals surface area (Å²) in [5, 5.41) is 3.05. The van der Waals surface area contributed by atoms with Crippen LogP contribution >= 0.6 is 0 Å². The summed E-state index contributed by atoms with van der Waals surface area (Å²) in [6.07, 6.45) is 3.69. The van der Waals surface area contributed by atoms with Gasteiger partial charge in [0.2, 0.25) is 5.91 Å². The average Bonchev–Trinajstić information content (AvgIpc) is 3.27. The van der Waals surface area contributed by atoms with E-state index in [1.807, 2.05) is 32.0 Å². The van der Waals surface area contributed by atoms with E-state index < -0.39 is 17.4 Å². The molecule has 2 aromatic carbocycles. The lowest BCUT2D eigenvalue weighted by molar-refractivity contribution is -0.131. The summed E-state index contributed by atoms with van der Waals surface area (Å²) in [6, 6.07) is 11.5. The Bertz CT molecular complexity index is 1160. The number of nitrogens with one attached hydrogen (secondary N) is 1. The maximum atomic E-state index is 14.8. The molecule has 1 aliphatic carbocycles. The smallest absolute Gasteiger partial charge is 0.251 e. The van der Waals surface area contributed by atoms with Gasteiger partial charge < -0.3 is 15.8 Å². The van der Waals surface area contributed by atoms with Crippen molar-refractivity contribution in [3.05, 3.63) is 70.5 Å². The van der Waals surface area contributed by atoms with E-state index in [9.17, 15) is 14.0 Å². The van der Waals surface area contributed by atoms with Crippen molar-refractivity contribution in [2.24, 2.45) is 10.7 Å². The fraction of sp³-hybridized carbons (Fsp3) is 0.464. The van der Waals surface area contributed by atoms with Crippen LogP contribution in [-0.4, -0.2) is 41.9 Å². The lowest BCUT2D eigenvalue weighted by Crippen LogP contribution is -2.52. The van der Waals surface area contributed by atoms with Crippen LogP contribution in [0.5, 0.6) is 0 Å². The van der Waals surface area contributed by atoms with Gasteiger partial charge in [-0.3, -0.25) is 14.5 Å². The minimum absolute atomic E-state index is 0.118. The molecule has 0 aromatic heterocycles. The fourth-order valence-electron chi connectivity index (χ4n) is 5.38. The number of nitrogens with zero attached hydrogens (tertiary/aromatic N) is 2. The number of ether oxygens (including phenoxy) is 1. The highest BCUT2D eigenvalue weighted by molar-refractivity contribution is 6.00. The molecule has 2 amide bonds. The van der Waals surface area contributed by atoms with Crippen molar-refractivity contribution in [1.29, 1.82) is 0 Å². The van der Waals surface area contributed by atoms with Gasteiger partial charge in [0.1, 0.15) is 5.82 Å².